The molecular formula is C22H18N4O2. The number of nitrogens with zero attached hydrogens (tertiary/aromatic N) is 3. The summed E-state index contributed by atoms with van der Waals surface area (Å²) in [5.41, 5.74) is 2.95. The maximum absolute atomic E-state index is 12.9. The molecule has 0 aliphatic rings. The predicted octanol–water partition coefficient (Wildman–Crippen LogP) is 4.20. The Kier molecular flexibility index (Phi) is 4.84. The van der Waals surface area contributed by atoms with Gasteiger partial charge >= 0.3 is 0 Å². The van der Waals surface area contributed by atoms with Crippen molar-refractivity contribution in [3.63, 3.8) is 0 Å². The molecule has 4 rings (SSSR count). The fourth-order valence-corrected chi connectivity index (χ4v) is 2.92. The lowest BCUT2D eigenvalue weighted by Crippen LogP contribution is -2.16. The average Bonchev–Trinajstić information content (AvgIpc) is 3.18. The van der Waals surface area contributed by atoms with E-state index in [9.17, 15) is 4.79 Å². The zero-order valence-electron chi connectivity index (χ0n) is 15.2. The Morgan fingerprint density at radius 3 is 2.43 bits per heavy atom. The molecule has 6 heteroatoms. The number of pyridine rings is 1. The zero-order valence-corrected chi connectivity index (χ0v) is 15.2. The van der Waals surface area contributed by atoms with Crippen LogP contribution in [0, 0.1) is 0 Å². The largest absolute Gasteiger partial charge is 0.496 e. The van der Waals surface area contributed by atoms with Gasteiger partial charge in [0.25, 0.3) is 5.91 Å². The van der Waals surface area contributed by atoms with E-state index in [2.05, 4.69) is 15.4 Å². The summed E-state index contributed by atoms with van der Waals surface area (Å²) >= 11 is 0. The molecule has 1 amide bonds. The Bertz CT molecular complexity index is 1090. The van der Waals surface area contributed by atoms with Crippen LogP contribution in [0.3, 0.4) is 0 Å². The molecule has 0 unspecified atom stereocenters. The minimum Gasteiger partial charge on any atom is -0.496 e. The van der Waals surface area contributed by atoms with Gasteiger partial charge in [-0.2, -0.15) is 5.10 Å². The van der Waals surface area contributed by atoms with Gasteiger partial charge in [-0.3, -0.25) is 9.78 Å². The molecular weight excluding hydrogens is 352 g/mol. The lowest BCUT2D eigenvalue weighted by Gasteiger charge is -2.11. The molecule has 2 aromatic heterocycles. The third kappa shape index (κ3) is 3.48. The number of carbonyl (C=O) groups excluding carboxylic acids is 1. The molecule has 2 aromatic carbocycles. The van der Waals surface area contributed by atoms with Crippen LogP contribution < -0.4 is 10.1 Å². The molecule has 4 aromatic rings. The normalized spacial score (nSPS) is 10.5. The van der Waals surface area contributed by atoms with Crippen molar-refractivity contribution in [2.45, 2.75) is 0 Å². The lowest BCUT2D eigenvalue weighted by molar-refractivity contribution is 0.102. The molecule has 0 aliphatic heterocycles. The number of amides is 1. The topological polar surface area (TPSA) is 69.0 Å². The molecule has 138 valence electrons. The van der Waals surface area contributed by atoms with E-state index < -0.39 is 0 Å². The predicted molar refractivity (Wildman–Crippen MR) is 108 cm³/mol. The van der Waals surface area contributed by atoms with Gasteiger partial charge in [0.1, 0.15) is 11.6 Å². The number of ether oxygens (including phenoxy) is 1. The van der Waals surface area contributed by atoms with Gasteiger partial charge in [-0.25, -0.2) is 4.68 Å². The second-order valence-electron chi connectivity index (χ2n) is 6.05. The maximum Gasteiger partial charge on any atom is 0.260 e. The van der Waals surface area contributed by atoms with Gasteiger partial charge in [-0.15, -0.1) is 0 Å². The Balaban J connectivity index is 1.75. The van der Waals surface area contributed by atoms with Crippen LogP contribution in [0.2, 0.25) is 0 Å². The second kappa shape index (κ2) is 7.75. The van der Waals surface area contributed by atoms with Gasteiger partial charge in [0, 0.05) is 24.0 Å². The van der Waals surface area contributed by atoms with E-state index in [1.54, 1.807) is 42.4 Å². The third-order valence-corrected chi connectivity index (χ3v) is 4.28. The van der Waals surface area contributed by atoms with Gasteiger partial charge < -0.3 is 10.1 Å². The summed E-state index contributed by atoms with van der Waals surface area (Å²) in [5, 5.41) is 7.64. The number of nitrogens with one attached hydrogen (secondary N) is 1. The van der Waals surface area contributed by atoms with Gasteiger partial charge in [0.05, 0.1) is 24.1 Å². The highest BCUT2D eigenvalue weighted by Crippen LogP contribution is 2.26. The van der Waals surface area contributed by atoms with E-state index >= 15 is 0 Å². The van der Waals surface area contributed by atoms with E-state index in [0.29, 0.717) is 17.1 Å². The molecule has 0 fully saturated rings. The standard InChI is InChI=1S/C22H18N4O2/c1-28-20-10-6-5-9-18(20)22(27)24-21-15-19(16-11-13-23-14-12-16)25-26(21)17-7-3-2-4-8-17/h2-15H,1H3,(H,24,27). The van der Waals surface area contributed by atoms with Crippen LogP contribution in [-0.4, -0.2) is 27.8 Å². The van der Waals surface area contributed by atoms with Crippen LogP contribution in [0.4, 0.5) is 5.82 Å². The molecule has 0 atom stereocenters. The van der Waals surface area contributed by atoms with Crippen molar-refractivity contribution in [2.75, 3.05) is 12.4 Å². The Morgan fingerprint density at radius 2 is 1.68 bits per heavy atom. The maximum atomic E-state index is 12.9. The van der Waals surface area contributed by atoms with Crippen molar-refractivity contribution in [3.05, 3.63) is 90.8 Å². The van der Waals surface area contributed by atoms with Gasteiger partial charge in [-0.1, -0.05) is 30.3 Å². The zero-order chi connectivity index (χ0) is 19.3. The van der Waals surface area contributed by atoms with Crippen molar-refractivity contribution in [3.8, 4) is 22.7 Å². The Labute approximate surface area is 162 Å². The van der Waals surface area contributed by atoms with Crippen LogP contribution in [0.5, 0.6) is 5.75 Å². The number of benzene rings is 2. The van der Waals surface area contributed by atoms with Crippen LogP contribution >= 0.6 is 0 Å². The molecule has 0 saturated carbocycles. The van der Waals surface area contributed by atoms with E-state index in [0.717, 1.165) is 16.9 Å². The summed E-state index contributed by atoms with van der Waals surface area (Å²) in [4.78, 5) is 16.9. The average molecular weight is 370 g/mol. The van der Waals surface area contributed by atoms with Crippen molar-refractivity contribution in [1.29, 1.82) is 0 Å². The quantitative estimate of drug-likeness (QED) is 0.572. The number of anilines is 1. The summed E-state index contributed by atoms with van der Waals surface area (Å²) in [6, 6.07) is 22.4. The number of aromatic nitrogens is 3. The second-order valence-corrected chi connectivity index (χ2v) is 6.05. The van der Waals surface area contributed by atoms with Crippen molar-refractivity contribution >= 4 is 11.7 Å². The summed E-state index contributed by atoms with van der Waals surface area (Å²) in [6.45, 7) is 0. The van der Waals surface area contributed by atoms with Gasteiger partial charge in [0.15, 0.2) is 0 Å². The van der Waals surface area contributed by atoms with Crippen LogP contribution in [0.1, 0.15) is 10.4 Å². The van der Waals surface area contributed by atoms with Crippen LogP contribution in [0.25, 0.3) is 16.9 Å². The molecule has 0 spiro atoms. The molecule has 0 bridgehead atoms. The molecule has 0 aliphatic carbocycles. The minimum atomic E-state index is -0.268. The van der Waals surface area contributed by atoms with Gasteiger partial charge in [-0.05, 0) is 36.4 Å². The molecule has 28 heavy (non-hydrogen) atoms. The summed E-state index contributed by atoms with van der Waals surface area (Å²) in [5.74, 6) is 0.810. The first-order valence-corrected chi connectivity index (χ1v) is 8.76. The van der Waals surface area contributed by atoms with Crippen molar-refractivity contribution < 1.29 is 9.53 Å². The summed E-state index contributed by atoms with van der Waals surface area (Å²) in [7, 11) is 1.54. The summed E-state index contributed by atoms with van der Waals surface area (Å²) in [6.07, 6.45) is 3.42. The smallest absolute Gasteiger partial charge is 0.260 e. The number of hydrogen-bond donors (Lipinski definition) is 1. The highest BCUT2D eigenvalue weighted by molar-refractivity contribution is 6.06. The highest BCUT2D eigenvalue weighted by Gasteiger charge is 2.17. The number of methoxy groups -OCH3 is 1. The minimum absolute atomic E-state index is 0.268. The first kappa shape index (κ1) is 17.5. The molecule has 1 N–H and O–H groups in total. The van der Waals surface area contributed by atoms with Gasteiger partial charge in [0.2, 0.25) is 0 Å². The Morgan fingerprint density at radius 1 is 0.964 bits per heavy atom. The fourth-order valence-electron chi connectivity index (χ4n) is 2.92. The fraction of sp³-hybridized carbons (Fsp3) is 0.0455. The first-order chi connectivity index (χ1) is 13.8. The first-order valence-electron chi connectivity index (χ1n) is 8.76. The number of hydrogen-bond acceptors (Lipinski definition) is 4. The van der Waals surface area contributed by atoms with Crippen LogP contribution in [0.15, 0.2) is 85.2 Å². The lowest BCUT2D eigenvalue weighted by atomic mass is 10.2. The van der Waals surface area contributed by atoms with E-state index in [-0.39, 0.29) is 5.91 Å². The third-order valence-electron chi connectivity index (χ3n) is 4.28. The molecule has 0 radical (unpaired) electrons. The molecule has 2 heterocycles. The number of para-hydroxylation sites is 2. The van der Waals surface area contributed by atoms with E-state index in [1.807, 2.05) is 54.6 Å². The Hall–Kier alpha value is -3.93. The molecule has 0 saturated heterocycles. The number of carbonyl (C=O) groups is 1. The van der Waals surface area contributed by atoms with Crippen molar-refractivity contribution in [2.24, 2.45) is 0 Å². The highest BCUT2D eigenvalue weighted by atomic mass is 16.5. The number of rotatable bonds is 5. The van der Waals surface area contributed by atoms with E-state index in [4.69, 9.17) is 4.74 Å². The van der Waals surface area contributed by atoms with E-state index in [1.165, 1.54) is 0 Å². The summed E-state index contributed by atoms with van der Waals surface area (Å²) < 4.78 is 7.01. The van der Waals surface area contributed by atoms with Crippen LogP contribution in [-0.2, 0) is 0 Å². The SMILES string of the molecule is COc1ccccc1C(=O)Nc1cc(-c2ccncc2)nn1-c1ccccc1. The molecule has 6 nitrogen and oxygen atoms in total. The van der Waals surface area contributed by atoms with Crippen molar-refractivity contribution in [1.82, 2.24) is 14.8 Å². The monoisotopic (exact) mass is 370 g/mol.